The maximum Gasteiger partial charge on any atom is 0.339 e. The Morgan fingerprint density at radius 2 is 1.83 bits per heavy atom. The van der Waals surface area contributed by atoms with E-state index in [9.17, 15) is 4.79 Å². The lowest BCUT2D eigenvalue weighted by molar-refractivity contribution is 0.0451. The second-order valence-electron chi connectivity index (χ2n) is 7.44. The molecule has 0 saturated heterocycles. The van der Waals surface area contributed by atoms with Gasteiger partial charge in [0.25, 0.3) is 0 Å². The van der Waals surface area contributed by atoms with E-state index in [-0.39, 0.29) is 12.6 Å². The molecule has 1 aliphatic carbocycles. The van der Waals surface area contributed by atoms with Gasteiger partial charge in [-0.3, -0.25) is 4.98 Å². The smallest absolute Gasteiger partial charge is 0.339 e. The summed E-state index contributed by atoms with van der Waals surface area (Å²) >= 11 is 0. The molecule has 2 aromatic carbocycles. The SMILES string of the molecule is COc1ccc(OCCOC(=O)c2c3c(nc4ccccc24)CCC(C)C3)cc1. The number of hydrogen-bond acceptors (Lipinski definition) is 5. The zero-order valence-corrected chi connectivity index (χ0v) is 16.8. The summed E-state index contributed by atoms with van der Waals surface area (Å²) in [5.74, 6) is 1.72. The number of carbonyl (C=O) groups excluding carboxylic acids is 1. The Kier molecular flexibility index (Phi) is 5.65. The van der Waals surface area contributed by atoms with Crippen molar-refractivity contribution in [2.45, 2.75) is 26.2 Å². The molecule has 0 radical (unpaired) electrons. The van der Waals surface area contributed by atoms with Crippen LogP contribution in [0.1, 0.15) is 35.0 Å². The summed E-state index contributed by atoms with van der Waals surface area (Å²) in [6.07, 6.45) is 2.87. The van der Waals surface area contributed by atoms with E-state index >= 15 is 0 Å². The van der Waals surface area contributed by atoms with Crippen molar-refractivity contribution in [3.63, 3.8) is 0 Å². The van der Waals surface area contributed by atoms with Gasteiger partial charge in [-0.1, -0.05) is 25.1 Å². The van der Waals surface area contributed by atoms with Gasteiger partial charge in [0.1, 0.15) is 24.7 Å². The van der Waals surface area contributed by atoms with Crippen LogP contribution in [0.5, 0.6) is 11.5 Å². The Morgan fingerprint density at radius 1 is 1.07 bits per heavy atom. The predicted octanol–water partition coefficient (Wildman–Crippen LogP) is 4.60. The lowest BCUT2D eigenvalue weighted by Gasteiger charge is -2.24. The summed E-state index contributed by atoms with van der Waals surface area (Å²) < 4.78 is 16.4. The molecule has 0 bridgehead atoms. The van der Waals surface area contributed by atoms with Gasteiger partial charge in [-0.2, -0.15) is 0 Å². The number of carbonyl (C=O) groups is 1. The molecule has 1 atom stereocenters. The molecular weight excluding hydrogens is 366 g/mol. The number of benzene rings is 2. The van der Waals surface area contributed by atoms with Crippen molar-refractivity contribution in [3.8, 4) is 11.5 Å². The lowest BCUT2D eigenvalue weighted by Crippen LogP contribution is -2.20. The Hall–Kier alpha value is -3.08. The first-order valence-electron chi connectivity index (χ1n) is 10.00. The van der Waals surface area contributed by atoms with E-state index in [0.29, 0.717) is 23.8 Å². The molecule has 1 aliphatic rings. The van der Waals surface area contributed by atoms with Crippen LogP contribution < -0.4 is 9.47 Å². The summed E-state index contributed by atoms with van der Waals surface area (Å²) in [7, 11) is 1.62. The van der Waals surface area contributed by atoms with Crippen LogP contribution in [0.4, 0.5) is 0 Å². The minimum Gasteiger partial charge on any atom is -0.497 e. The van der Waals surface area contributed by atoms with Gasteiger partial charge in [-0.05, 0) is 61.1 Å². The fraction of sp³-hybridized carbons (Fsp3) is 0.333. The number of fused-ring (bicyclic) bond motifs is 2. The average molecular weight is 391 g/mol. The highest BCUT2D eigenvalue weighted by Gasteiger charge is 2.26. The summed E-state index contributed by atoms with van der Waals surface area (Å²) in [5.41, 5.74) is 3.59. The number of methoxy groups -OCH3 is 1. The number of nitrogens with zero attached hydrogens (tertiary/aromatic N) is 1. The predicted molar refractivity (Wildman–Crippen MR) is 112 cm³/mol. The van der Waals surface area contributed by atoms with Gasteiger partial charge in [0.2, 0.25) is 0 Å². The topological polar surface area (TPSA) is 57.7 Å². The molecule has 1 unspecified atom stereocenters. The first-order chi connectivity index (χ1) is 14.2. The van der Waals surface area contributed by atoms with E-state index in [4.69, 9.17) is 19.2 Å². The van der Waals surface area contributed by atoms with Crippen LogP contribution in [-0.4, -0.2) is 31.3 Å². The van der Waals surface area contributed by atoms with Crippen LogP contribution >= 0.6 is 0 Å². The molecule has 0 N–H and O–H groups in total. The number of hydrogen-bond donors (Lipinski definition) is 0. The van der Waals surface area contributed by atoms with Crippen molar-refractivity contribution in [1.29, 1.82) is 0 Å². The van der Waals surface area contributed by atoms with Gasteiger partial charge in [-0.15, -0.1) is 0 Å². The molecule has 1 aromatic heterocycles. The number of aryl methyl sites for hydroxylation is 1. The fourth-order valence-corrected chi connectivity index (χ4v) is 3.83. The van der Waals surface area contributed by atoms with Gasteiger partial charge in [-0.25, -0.2) is 4.79 Å². The highest BCUT2D eigenvalue weighted by molar-refractivity contribution is 6.05. The zero-order chi connectivity index (χ0) is 20.2. The Labute approximate surface area is 170 Å². The maximum absolute atomic E-state index is 13.0. The molecule has 29 heavy (non-hydrogen) atoms. The Balaban J connectivity index is 1.48. The van der Waals surface area contributed by atoms with Crippen molar-refractivity contribution in [2.75, 3.05) is 20.3 Å². The van der Waals surface area contributed by atoms with Gasteiger partial charge < -0.3 is 14.2 Å². The minimum atomic E-state index is -0.299. The monoisotopic (exact) mass is 391 g/mol. The zero-order valence-electron chi connectivity index (χ0n) is 16.8. The number of esters is 1. The molecule has 3 aromatic rings. The summed E-state index contributed by atoms with van der Waals surface area (Å²) in [4.78, 5) is 17.8. The third kappa shape index (κ3) is 4.19. The van der Waals surface area contributed by atoms with Crippen molar-refractivity contribution in [2.24, 2.45) is 5.92 Å². The molecule has 0 saturated carbocycles. The van der Waals surface area contributed by atoms with E-state index in [1.54, 1.807) is 7.11 Å². The standard InChI is InChI=1S/C24H25NO4/c1-16-7-12-22-20(15-16)23(19-5-3-4-6-21(19)25-22)24(26)29-14-13-28-18-10-8-17(27-2)9-11-18/h3-6,8-11,16H,7,12-15H2,1-2H3. The second-order valence-corrected chi connectivity index (χ2v) is 7.44. The summed E-state index contributed by atoms with van der Waals surface area (Å²) in [6.45, 7) is 2.70. The third-order valence-electron chi connectivity index (χ3n) is 5.35. The lowest BCUT2D eigenvalue weighted by atomic mass is 9.84. The number of ether oxygens (including phenoxy) is 3. The fourth-order valence-electron chi connectivity index (χ4n) is 3.83. The minimum absolute atomic E-state index is 0.186. The first-order valence-corrected chi connectivity index (χ1v) is 10.00. The summed E-state index contributed by atoms with van der Waals surface area (Å²) in [5, 5.41) is 0.862. The van der Waals surface area contributed by atoms with Gasteiger partial charge >= 0.3 is 5.97 Å². The van der Waals surface area contributed by atoms with E-state index in [1.165, 1.54) is 0 Å². The molecule has 0 fully saturated rings. The van der Waals surface area contributed by atoms with E-state index < -0.39 is 0 Å². The second kappa shape index (κ2) is 8.52. The van der Waals surface area contributed by atoms with Crippen LogP contribution in [0, 0.1) is 5.92 Å². The summed E-state index contributed by atoms with van der Waals surface area (Å²) in [6, 6.07) is 15.1. The van der Waals surface area contributed by atoms with Crippen LogP contribution in [0.15, 0.2) is 48.5 Å². The van der Waals surface area contributed by atoms with Crippen LogP contribution in [0.25, 0.3) is 10.9 Å². The quantitative estimate of drug-likeness (QED) is 0.454. The van der Waals surface area contributed by atoms with Gasteiger partial charge in [0.05, 0.1) is 18.2 Å². The average Bonchev–Trinajstić information content (AvgIpc) is 2.75. The molecule has 0 aliphatic heterocycles. The van der Waals surface area contributed by atoms with E-state index in [2.05, 4.69) is 6.92 Å². The molecular formula is C24H25NO4. The Bertz CT molecular complexity index is 1010. The molecule has 1 heterocycles. The van der Waals surface area contributed by atoms with Gasteiger partial charge in [0, 0.05) is 11.1 Å². The van der Waals surface area contributed by atoms with E-state index in [0.717, 1.165) is 47.2 Å². The molecule has 5 nitrogen and oxygen atoms in total. The van der Waals surface area contributed by atoms with Crippen molar-refractivity contribution < 1.29 is 19.0 Å². The maximum atomic E-state index is 13.0. The highest BCUT2D eigenvalue weighted by Crippen LogP contribution is 2.32. The number of para-hydroxylation sites is 1. The first kappa shape index (κ1) is 19.2. The number of aromatic nitrogens is 1. The van der Waals surface area contributed by atoms with Crippen molar-refractivity contribution >= 4 is 16.9 Å². The van der Waals surface area contributed by atoms with Crippen LogP contribution in [0.3, 0.4) is 0 Å². The third-order valence-corrected chi connectivity index (χ3v) is 5.35. The van der Waals surface area contributed by atoms with Crippen molar-refractivity contribution in [1.82, 2.24) is 4.98 Å². The Morgan fingerprint density at radius 3 is 2.62 bits per heavy atom. The molecule has 0 amide bonds. The van der Waals surface area contributed by atoms with Crippen LogP contribution in [0.2, 0.25) is 0 Å². The molecule has 0 spiro atoms. The number of rotatable bonds is 6. The molecule has 150 valence electrons. The largest absolute Gasteiger partial charge is 0.497 e. The van der Waals surface area contributed by atoms with Gasteiger partial charge in [0.15, 0.2) is 0 Å². The van der Waals surface area contributed by atoms with Crippen molar-refractivity contribution in [3.05, 3.63) is 65.4 Å². The number of pyridine rings is 1. The van der Waals surface area contributed by atoms with Crippen LogP contribution in [-0.2, 0) is 17.6 Å². The van der Waals surface area contributed by atoms with E-state index in [1.807, 2.05) is 48.5 Å². The molecule has 5 heteroatoms. The highest BCUT2D eigenvalue weighted by atomic mass is 16.6. The molecule has 4 rings (SSSR count). The normalized spacial score (nSPS) is 15.6.